The first-order chi connectivity index (χ1) is 10.5. The third-order valence-electron chi connectivity index (χ3n) is 4.31. The van der Waals surface area contributed by atoms with Gasteiger partial charge in [-0.05, 0) is 25.3 Å². The normalized spacial score (nSPS) is 25.5. The van der Waals surface area contributed by atoms with Crippen molar-refractivity contribution in [2.45, 2.75) is 25.4 Å². The zero-order valence-electron chi connectivity index (χ0n) is 12.6. The van der Waals surface area contributed by atoms with E-state index in [4.69, 9.17) is 27.9 Å². The highest BCUT2D eigenvalue weighted by atomic mass is 35.5. The summed E-state index contributed by atoms with van der Waals surface area (Å²) in [6.07, 6.45) is 3.04. The highest BCUT2D eigenvalue weighted by Crippen LogP contribution is 2.38. The van der Waals surface area contributed by atoms with Crippen LogP contribution in [0.5, 0.6) is 0 Å². The van der Waals surface area contributed by atoms with Crippen molar-refractivity contribution in [2.24, 2.45) is 5.41 Å². The van der Waals surface area contributed by atoms with Gasteiger partial charge in [0.15, 0.2) is 0 Å². The van der Waals surface area contributed by atoms with Crippen LogP contribution in [-0.4, -0.2) is 54.7 Å². The van der Waals surface area contributed by atoms with Crippen LogP contribution in [0.15, 0.2) is 12.3 Å². The molecular weight excluding hydrogens is 327 g/mol. The lowest BCUT2D eigenvalue weighted by atomic mass is 9.74. The maximum atomic E-state index is 10.4. The fourth-order valence-electron chi connectivity index (χ4n) is 3.02. The number of aliphatic hydroxyl groups is 2. The lowest BCUT2D eigenvalue weighted by Crippen LogP contribution is -2.54. The Labute approximate surface area is 140 Å². The number of halogens is 2. The molecule has 0 unspecified atom stereocenters. The van der Waals surface area contributed by atoms with Gasteiger partial charge in [-0.15, -0.1) is 0 Å². The van der Waals surface area contributed by atoms with Crippen molar-refractivity contribution in [3.8, 4) is 0 Å². The summed E-state index contributed by atoms with van der Waals surface area (Å²) < 4.78 is 5.08. The number of methoxy groups -OCH3 is 1. The second kappa shape index (κ2) is 7.79. The SMILES string of the molecule is COCCC[C@@]1(CO)CN(c2ncc(Cl)cc2Cl)CC[C@H]1O. The molecule has 0 saturated carbocycles. The predicted molar refractivity (Wildman–Crippen MR) is 87.7 cm³/mol. The van der Waals surface area contributed by atoms with Crippen molar-refractivity contribution in [2.75, 3.05) is 38.3 Å². The third kappa shape index (κ3) is 3.84. The molecule has 1 aliphatic rings. The highest BCUT2D eigenvalue weighted by Gasteiger charge is 2.42. The molecule has 0 aliphatic carbocycles. The van der Waals surface area contributed by atoms with Crippen molar-refractivity contribution >= 4 is 29.0 Å². The van der Waals surface area contributed by atoms with Crippen LogP contribution in [0.3, 0.4) is 0 Å². The van der Waals surface area contributed by atoms with Crippen molar-refractivity contribution in [3.05, 3.63) is 22.3 Å². The molecule has 0 amide bonds. The minimum absolute atomic E-state index is 0.0837. The van der Waals surface area contributed by atoms with E-state index in [1.54, 1.807) is 19.4 Å². The summed E-state index contributed by atoms with van der Waals surface area (Å²) in [5, 5.41) is 21.2. The van der Waals surface area contributed by atoms with E-state index in [-0.39, 0.29) is 6.61 Å². The molecule has 1 fully saturated rings. The van der Waals surface area contributed by atoms with Crippen LogP contribution in [-0.2, 0) is 4.74 Å². The first-order valence-corrected chi connectivity index (χ1v) is 8.12. The summed E-state index contributed by atoms with van der Waals surface area (Å²) in [7, 11) is 1.65. The number of rotatable bonds is 6. The number of anilines is 1. The lowest BCUT2D eigenvalue weighted by Gasteiger charge is -2.46. The molecule has 7 heteroatoms. The fraction of sp³-hybridized carbons (Fsp3) is 0.667. The second-order valence-corrected chi connectivity index (χ2v) is 6.65. The van der Waals surface area contributed by atoms with Crippen molar-refractivity contribution in [1.82, 2.24) is 4.98 Å². The standard InChI is InChI=1S/C15H22Cl2N2O3/c1-22-6-2-4-15(10-20)9-19(5-3-13(15)21)14-12(17)7-11(16)8-18-14/h7-8,13,20-21H,2-6,9-10H2,1H3/t13-,15+/m1/s1. The molecule has 2 atom stereocenters. The fourth-order valence-corrected chi connectivity index (χ4v) is 3.52. The second-order valence-electron chi connectivity index (χ2n) is 5.80. The summed E-state index contributed by atoms with van der Waals surface area (Å²) in [6.45, 7) is 1.66. The first-order valence-electron chi connectivity index (χ1n) is 7.36. The van der Waals surface area contributed by atoms with Crippen LogP contribution in [0.1, 0.15) is 19.3 Å². The van der Waals surface area contributed by atoms with Gasteiger partial charge in [-0.2, -0.15) is 0 Å². The van der Waals surface area contributed by atoms with E-state index >= 15 is 0 Å². The zero-order chi connectivity index (χ0) is 16.2. The Balaban J connectivity index is 2.18. The van der Waals surface area contributed by atoms with E-state index in [0.717, 1.165) is 6.42 Å². The Morgan fingerprint density at radius 3 is 2.91 bits per heavy atom. The molecule has 2 N–H and O–H groups in total. The number of hydrogen-bond acceptors (Lipinski definition) is 5. The number of piperidine rings is 1. The topological polar surface area (TPSA) is 65.8 Å². The van der Waals surface area contributed by atoms with Crippen LogP contribution in [0.4, 0.5) is 5.82 Å². The van der Waals surface area contributed by atoms with E-state index in [2.05, 4.69) is 4.98 Å². The van der Waals surface area contributed by atoms with Gasteiger partial charge < -0.3 is 19.8 Å². The number of aliphatic hydroxyl groups excluding tert-OH is 2. The molecule has 0 spiro atoms. The molecule has 0 aromatic carbocycles. The molecule has 0 bridgehead atoms. The maximum absolute atomic E-state index is 10.4. The molecule has 2 heterocycles. The Kier molecular flexibility index (Phi) is 6.29. The largest absolute Gasteiger partial charge is 0.396 e. The lowest BCUT2D eigenvalue weighted by molar-refractivity contribution is -0.0388. The van der Waals surface area contributed by atoms with Crippen LogP contribution >= 0.6 is 23.2 Å². The molecule has 0 radical (unpaired) electrons. The van der Waals surface area contributed by atoms with E-state index < -0.39 is 11.5 Å². The van der Waals surface area contributed by atoms with Gasteiger partial charge in [0, 0.05) is 38.4 Å². The number of nitrogens with zero attached hydrogens (tertiary/aromatic N) is 2. The summed E-state index contributed by atoms with van der Waals surface area (Å²) in [6, 6.07) is 1.65. The van der Waals surface area contributed by atoms with E-state index in [1.807, 2.05) is 4.90 Å². The van der Waals surface area contributed by atoms with Crippen LogP contribution in [0.2, 0.25) is 10.0 Å². The van der Waals surface area contributed by atoms with Crippen LogP contribution in [0.25, 0.3) is 0 Å². The van der Waals surface area contributed by atoms with Gasteiger partial charge in [0.2, 0.25) is 0 Å². The molecular formula is C15H22Cl2N2O3. The average Bonchev–Trinajstić information content (AvgIpc) is 2.50. The summed E-state index contributed by atoms with van der Waals surface area (Å²) >= 11 is 12.1. The van der Waals surface area contributed by atoms with Gasteiger partial charge in [0.05, 0.1) is 22.8 Å². The minimum Gasteiger partial charge on any atom is -0.396 e. The Morgan fingerprint density at radius 1 is 1.50 bits per heavy atom. The van der Waals surface area contributed by atoms with Gasteiger partial charge >= 0.3 is 0 Å². The summed E-state index contributed by atoms with van der Waals surface area (Å²) in [4.78, 5) is 6.31. The first kappa shape index (κ1) is 17.8. The Bertz CT molecular complexity index is 504. The van der Waals surface area contributed by atoms with Gasteiger partial charge in [-0.1, -0.05) is 23.2 Å². The van der Waals surface area contributed by atoms with Crippen molar-refractivity contribution in [1.29, 1.82) is 0 Å². The molecule has 1 aromatic rings. The quantitative estimate of drug-likeness (QED) is 0.772. The minimum atomic E-state index is -0.582. The highest BCUT2D eigenvalue weighted by molar-refractivity contribution is 6.36. The van der Waals surface area contributed by atoms with Crippen molar-refractivity contribution in [3.63, 3.8) is 0 Å². The Hall–Kier alpha value is -0.590. The van der Waals surface area contributed by atoms with Crippen molar-refractivity contribution < 1.29 is 14.9 Å². The molecule has 1 aromatic heterocycles. The van der Waals surface area contributed by atoms with Gasteiger partial charge in [-0.25, -0.2) is 4.98 Å². The zero-order valence-corrected chi connectivity index (χ0v) is 14.1. The smallest absolute Gasteiger partial charge is 0.147 e. The number of hydrogen-bond donors (Lipinski definition) is 2. The number of pyridine rings is 1. The number of aromatic nitrogens is 1. The molecule has 22 heavy (non-hydrogen) atoms. The van der Waals surface area contributed by atoms with E-state index in [1.165, 1.54) is 0 Å². The Morgan fingerprint density at radius 2 is 2.27 bits per heavy atom. The maximum Gasteiger partial charge on any atom is 0.147 e. The predicted octanol–water partition coefficient (Wildman–Crippen LogP) is 2.36. The molecule has 5 nitrogen and oxygen atoms in total. The molecule has 1 aliphatic heterocycles. The third-order valence-corrected chi connectivity index (χ3v) is 4.80. The van der Waals surface area contributed by atoms with Crippen LogP contribution in [0, 0.1) is 5.41 Å². The average molecular weight is 349 g/mol. The van der Waals surface area contributed by atoms with E-state index in [0.29, 0.717) is 48.4 Å². The summed E-state index contributed by atoms with van der Waals surface area (Å²) in [5.41, 5.74) is -0.582. The van der Waals surface area contributed by atoms with Crippen LogP contribution < -0.4 is 4.90 Å². The number of ether oxygens (including phenoxy) is 1. The monoisotopic (exact) mass is 348 g/mol. The van der Waals surface area contributed by atoms with Gasteiger partial charge in [-0.3, -0.25) is 0 Å². The molecule has 1 saturated heterocycles. The van der Waals surface area contributed by atoms with Gasteiger partial charge in [0.1, 0.15) is 5.82 Å². The molecule has 124 valence electrons. The van der Waals surface area contributed by atoms with E-state index in [9.17, 15) is 10.2 Å². The molecule has 2 rings (SSSR count). The summed E-state index contributed by atoms with van der Waals surface area (Å²) in [5.74, 6) is 0.641. The van der Waals surface area contributed by atoms with Gasteiger partial charge in [0.25, 0.3) is 0 Å².